The second-order valence-electron chi connectivity index (χ2n) is 5.12. The minimum Gasteiger partial charge on any atom is -0.465 e. The molecule has 0 unspecified atom stereocenters. The first-order valence-electron chi connectivity index (χ1n) is 6.37. The summed E-state index contributed by atoms with van der Waals surface area (Å²) < 4.78 is 30.3. The number of hydrogen-bond donors (Lipinski definition) is 1. The average molecular weight is 301 g/mol. The van der Waals surface area contributed by atoms with Crippen LogP contribution in [-0.4, -0.2) is 48.0 Å². The van der Waals surface area contributed by atoms with Crippen molar-refractivity contribution in [3.63, 3.8) is 0 Å². The zero-order valence-corrected chi connectivity index (χ0v) is 11.8. The van der Waals surface area contributed by atoms with Crippen molar-refractivity contribution in [2.45, 2.75) is 32.4 Å². The maximum absolute atomic E-state index is 11.9. The highest BCUT2D eigenvalue weighted by atomic mass is 32.2. The van der Waals surface area contributed by atoms with E-state index >= 15 is 0 Å². The van der Waals surface area contributed by atoms with Crippen LogP contribution in [0.5, 0.6) is 0 Å². The number of aromatic nitrogens is 1. The molecule has 0 aromatic carbocycles. The summed E-state index contributed by atoms with van der Waals surface area (Å²) in [5.41, 5.74) is 1.21. The summed E-state index contributed by atoms with van der Waals surface area (Å²) >= 11 is 0. The molecule has 20 heavy (non-hydrogen) atoms. The fourth-order valence-electron chi connectivity index (χ4n) is 2.69. The first-order chi connectivity index (χ1) is 9.40. The molecule has 2 aliphatic heterocycles. The van der Waals surface area contributed by atoms with E-state index in [2.05, 4.69) is 5.16 Å². The van der Waals surface area contributed by atoms with E-state index in [9.17, 15) is 18.3 Å². The summed E-state index contributed by atoms with van der Waals surface area (Å²) in [7, 11) is -3.36. The molecule has 1 N–H and O–H groups in total. The molecular formula is C11H15N3O5S. The molecule has 0 aliphatic carbocycles. The van der Waals surface area contributed by atoms with E-state index in [1.54, 1.807) is 6.92 Å². The molecule has 1 saturated heterocycles. The van der Waals surface area contributed by atoms with E-state index in [1.807, 2.05) is 0 Å². The van der Waals surface area contributed by atoms with Gasteiger partial charge in [0, 0.05) is 19.0 Å². The standard InChI is InChI=1S/C11H15N3O5S/c1-7-5-9-8(6-13(7)11(15)16)10(19-12-9)14-3-2-4-20(14,17)18/h7H,2-6H2,1H3,(H,15,16)/t7-/m0/s1. The van der Waals surface area contributed by atoms with Crippen LogP contribution in [0.4, 0.5) is 10.7 Å². The summed E-state index contributed by atoms with van der Waals surface area (Å²) in [5.74, 6) is 0.261. The van der Waals surface area contributed by atoms with Crippen LogP contribution in [0.3, 0.4) is 0 Å². The van der Waals surface area contributed by atoms with Crippen LogP contribution in [0.15, 0.2) is 4.52 Å². The predicted octanol–water partition coefficient (Wildman–Crippen LogP) is 0.639. The zero-order chi connectivity index (χ0) is 14.5. The Morgan fingerprint density at radius 2 is 2.25 bits per heavy atom. The molecule has 3 heterocycles. The van der Waals surface area contributed by atoms with Crippen molar-refractivity contribution in [3.05, 3.63) is 11.3 Å². The third kappa shape index (κ3) is 1.92. The molecule has 3 rings (SSSR count). The van der Waals surface area contributed by atoms with Crippen LogP contribution < -0.4 is 4.31 Å². The third-order valence-electron chi connectivity index (χ3n) is 3.77. The van der Waals surface area contributed by atoms with Crippen LogP contribution in [-0.2, 0) is 23.0 Å². The number of hydrogen-bond acceptors (Lipinski definition) is 5. The second-order valence-corrected chi connectivity index (χ2v) is 7.13. The molecule has 1 aromatic heterocycles. The lowest BCUT2D eigenvalue weighted by Crippen LogP contribution is -2.42. The Bertz CT molecular complexity index is 653. The molecule has 9 heteroatoms. The normalized spacial score (nSPS) is 24.8. The van der Waals surface area contributed by atoms with Gasteiger partial charge in [-0.15, -0.1) is 0 Å². The molecule has 1 atom stereocenters. The van der Waals surface area contributed by atoms with Crippen molar-refractivity contribution in [1.29, 1.82) is 0 Å². The van der Waals surface area contributed by atoms with Gasteiger partial charge in [-0.2, -0.15) is 0 Å². The van der Waals surface area contributed by atoms with Gasteiger partial charge in [0.05, 0.1) is 23.6 Å². The van der Waals surface area contributed by atoms with Gasteiger partial charge in [0.25, 0.3) is 0 Å². The van der Waals surface area contributed by atoms with Crippen molar-refractivity contribution in [2.75, 3.05) is 16.6 Å². The van der Waals surface area contributed by atoms with Crippen molar-refractivity contribution in [3.8, 4) is 0 Å². The lowest BCUT2D eigenvalue weighted by molar-refractivity contribution is 0.119. The van der Waals surface area contributed by atoms with Gasteiger partial charge in [0.15, 0.2) is 0 Å². The number of carboxylic acid groups (broad SMARTS) is 1. The van der Waals surface area contributed by atoms with E-state index in [0.29, 0.717) is 30.6 Å². The maximum atomic E-state index is 11.9. The van der Waals surface area contributed by atoms with Crippen LogP contribution in [0, 0.1) is 0 Å². The molecule has 1 aromatic rings. The Kier molecular flexibility index (Phi) is 2.89. The summed E-state index contributed by atoms with van der Waals surface area (Å²) in [6, 6.07) is -0.201. The molecule has 1 amide bonds. The van der Waals surface area contributed by atoms with E-state index in [4.69, 9.17) is 4.52 Å². The number of sulfonamides is 1. The van der Waals surface area contributed by atoms with Gasteiger partial charge in [-0.05, 0) is 13.3 Å². The Hall–Kier alpha value is -1.77. The molecule has 2 aliphatic rings. The summed E-state index contributed by atoms with van der Waals surface area (Å²) in [6.07, 6.45) is -0.0600. The van der Waals surface area contributed by atoms with Gasteiger partial charge in [0.2, 0.25) is 15.9 Å². The van der Waals surface area contributed by atoms with Crippen molar-refractivity contribution in [1.82, 2.24) is 10.1 Å². The quantitative estimate of drug-likeness (QED) is 0.816. The fourth-order valence-corrected chi connectivity index (χ4v) is 4.21. The van der Waals surface area contributed by atoms with Gasteiger partial charge < -0.3 is 14.5 Å². The van der Waals surface area contributed by atoms with Gasteiger partial charge in [0.1, 0.15) is 0 Å². The van der Waals surface area contributed by atoms with Gasteiger partial charge in [-0.1, -0.05) is 5.16 Å². The van der Waals surface area contributed by atoms with Gasteiger partial charge >= 0.3 is 6.09 Å². The van der Waals surface area contributed by atoms with E-state index in [-0.39, 0.29) is 24.2 Å². The van der Waals surface area contributed by atoms with E-state index in [1.165, 1.54) is 9.21 Å². The van der Waals surface area contributed by atoms with E-state index < -0.39 is 16.1 Å². The van der Waals surface area contributed by atoms with Crippen molar-refractivity contribution in [2.24, 2.45) is 0 Å². The SMILES string of the molecule is C[C@H]1Cc2noc(N3CCCS3(=O)=O)c2CN1C(=O)O. The third-order valence-corrected chi connectivity index (χ3v) is 5.59. The smallest absolute Gasteiger partial charge is 0.407 e. The Morgan fingerprint density at radius 3 is 2.85 bits per heavy atom. The Labute approximate surface area is 116 Å². The average Bonchev–Trinajstić information content (AvgIpc) is 2.90. The Morgan fingerprint density at radius 1 is 1.50 bits per heavy atom. The van der Waals surface area contributed by atoms with Crippen LogP contribution >= 0.6 is 0 Å². The monoisotopic (exact) mass is 301 g/mol. The van der Waals surface area contributed by atoms with Gasteiger partial charge in [-0.25, -0.2) is 17.5 Å². The number of amides is 1. The zero-order valence-electron chi connectivity index (χ0n) is 10.9. The second kappa shape index (κ2) is 4.37. The summed E-state index contributed by atoms with van der Waals surface area (Å²) in [4.78, 5) is 12.5. The lowest BCUT2D eigenvalue weighted by atomic mass is 10.0. The molecule has 8 nitrogen and oxygen atoms in total. The number of nitrogens with zero attached hydrogens (tertiary/aromatic N) is 3. The lowest BCUT2D eigenvalue weighted by Gasteiger charge is -2.30. The predicted molar refractivity (Wildman–Crippen MR) is 69.0 cm³/mol. The Balaban J connectivity index is 2.00. The highest BCUT2D eigenvalue weighted by Crippen LogP contribution is 2.34. The molecule has 0 radical (unpaired) electrons. The highest BCUT2D eigenvalue weighted by Gasteiger charge is 2.38. The number of fused-ring (bicyclic) bond motifs is 1. The largest absolute Gasteiger partial charge is 0.465 e. The van der Waals surface area contributed by atoms with E-state index in [0.717, 1.165) is 0 Å². The number of anilines is 1. The summed E-state index contributed by atoms with van der Waals surface area (Å²) in [5, 5.41) is 13.1. The molecule has 110 valence electrons. The molecule has 0 spiro atoms. The summed E-state index contributed by atoms with van der Waals surface area (Å²) in [6.45, 7) is 2.25. The van der Waals surface area contributed by atoms with Crippen molar-refractivity contribution >= 4 is 22.0 Å². The molecule has 0 bridgehead atoms. The van der Waals surface area contributed by atoms with Crippen LogP contribution in [0.25, 0.3) is 0 Å². The van der Waals surface area contributed by atoms with Crippen molar-refractivity contribution < 1.29 is 22.8 Å². The first-order valence-corrected chi connectivity index (χ1v) is 7.98. The molecular weight excluding hydrogens is 286 g/mol. The van der Waals surface area contributed by atoms with Gasteiger partial charge in [-0.3, -0.25) is 0 Å². The topological polar surface area (TPSA) is 104 Å². The number of rotatable bonds is 1. The highest BCUT2D eigenvalue weighted by molar-refractivity contribution is 7.93. The fraction of sp³-hybridized carbons (Fsp3) is 0.636. The minimum absolute atomic E-state index is 0.0848. The van der Waals surface area contributed by atoms with Crippen LogP contribution in [0.1, 0.15) is 24.6 Å². The first kappa shape index (κ1) is 13.2. The minimum atomic E-state index is -3.36. The molecule has 1 fully saturated rings. The maximum Gasteiger partial charge on any atom is 0.407 e. The molecule has 0 saturated carbocycles. The van der Waals surface area contributed by atoms with Crippen LogP contribution in [0.2, 0.25) is 0 Å². The number of carbonyl (C=O) groups is 1.